The average molecular weight is 1380 g/mol. The molecular weight excluding hydrogens is 1320 g/mol. The number of aldehydes is 1. The third-order valence-electron chi connectivity index (χ3n) is 14.9. The number of hydrogen-bond acceptors (Lipinski definition) is 25. The quantitative estimate of drug-likeness (QED) is 0.0153. The molecule has 1 fully saturated rings. The molecule has 4 atom stereocenters. The summed E-state index contributed by atoms with van der Waals surface area (Å²) >= 11 is 7.29. The van der Waals surface area contributed by atoms with E-state index in [4.69, 9.17) is 35.1 Å². The number of anilines is 1. The van der Waals surface area contributed by atoms with Gasteiger partial charge in [-0.2, -0.15) is 0 Å². The van der Waals surface area contributed by atoms with Gasteiger partial charge >= 0.3 is 18.0 Å². The van der Waals surface area contributed by atoms with E-state index in [0.717, 1.165) is 0 Å². The molecule has 0 saturated heterocycles. The SMILES string of the molecule is CNC(=O)C[C@H](N)c1nc(C(=O)NC(c2nc(C(=O)NCC(=O)N[C@H](c3nc(-c4nc(-c5nc(-c6nc(N(CCCCCC(=O)O)C(=O)OC7CCC(C(=O)O)CC7)cs6)ccc5-c5nc(C=O)cs5)cs4)cs3)[C@@H](O)c3ccccc3)c(COC)s2)C(C)C)c(C)s1. The number of thiazole rings is 6. The number of carbonyl (C=O) groups excluding carboxylic acids is 6. The highest BCUT2D eigenvalue weighted by Gasteiger charge is 2.34. The van der Waals surface area contributed by atoms with Crippen LogP contribution >= 0.6 is 68.0 Å². The zero-order valence-electron chi connectivity index (χ0n) is 51.0. The van der Waals surface area contributed by atoms with Crippen LogP contribution in [0.4, 0.5) is 10.6 Å². The smallest absolute Gasteiger partial charge is 0.415 e. The Morgan fingerprint density at radius 2 is 1.45 bits per heavy atom. The highest BCUT2D eigenvalue weighted by Crippen LogP contribution is 2.40. The van der Waals surface area contributed by atoms with E-state index in [0.29, 0.717) is 125 Å². The lowest BCUT2D eigenvalue weighted by Gasteiger charge is -2.28. The topological polar surface area (TPSA) is 383 Å². The van der Waals surface area contributed by atoms with Gasteiger partial charge in [-0.15, -0.1) is 68.0 Å². The van der Waals surface area contributed by atoms with E-state index in [-0.39, 0.29) is 60.7 Å². The standard InChI is InChI=1S/C61H67N13O13S6/c1-30(2)46(71-53(82)47-31(3)92-55(72-47)37(62)22-43(76)63-4)59-73-49(41(93-59)25-86-5)52(81)64-23-44(77)70-50(51(80)32-12-8-6-9-13-32)58-68-40(28-90-58)57-67-39(27-89-57)48-36(54-65-34(24-75)26-88-54)19-20-38(66-48)56-69-42(29-91-56)74(21-11-7-10-14-45(78)79)61(85)87-35-17-15-33(16-18-35)60(83)84/h6,8-9,12-13,19-20,24,26-30,33,35,37,46,50-51,80H,7,10-11,14-18,21-23,25,62H2,1-5H3,(H,63,76)(H,64,81)(H,70,77)(H,71,82)(H,78,79)(H,83,84)/t33?,35?,37-,46?,50-,51-/m0/s1. The van der Waals surface area contributed by atoms with Gasteiger partial charge in [-0.3, -0.25) is 38.5 Å². The minimum atomic E-state index is -1.31. The van der Waals surface area contributed by atoms with Gasteiger partial charge in [0.05, 0.1) is 41.7 Å². The van der Waals surface area contributed by atoms with E-state index in [1.54, 1.807) is 70.9 Å². The number of aliphatic carboxylic acids is 2. The summed E-state index contributed by atoms with van der Waals surface area (Å²) < 4.78 is 11.4. The van der Waals surface area contributed by atoms with E-state index in [9.17, 15) is 53.7 Å². The molecule has 1 saturated carbocycles. The summed E-state index contributed by atoms with van der Waals surface area (Å²) in [6, 6.07) is 9.73. The molecule has 9 N–H and O–H groups in total. The number of hydrogen-bond donors (Lipinski definition) is 8. The molecule has 0 aliphatic heterocycles. The number of rotatable bonds is 30. The van der Waals surface area contributed by atoms with Crippen LogP contribution in [0, 0.1) is 18.8 Å². The number of aliphatic hydroxyl groups excluding tert-OH is 1. The Hall–Kier alpha value is -8.21. The fourth-order valence-corrected chi connectivity index (χ4v) is 15.5. The molecule has 0 radical (unpaired) electrons. The molecule has 0 bridgehead atoms. The molecule has 7 heterocycles. The molecule has 7 aromatic heterocycles. The minimum absolute atomic E-state index is 0.00257. The summed E-state index contributed by atoms with van der Waals surface area (Å²) in [7, 11) is 2.97. The number of carbonyl (C=O) groups is 8. The number of nitrogens with two attached hydrogens (primary N) is 1. The van der Waals surface area contributed by atoms with Gasteiger partial charge in [0, 0.05) is 65.5 Å². The van der Waals surface area contributed by atoms with Crippen molar-refractivity contribution in [2.24, 2.45) is 17.6 Å². The van der Waals surface area contributed by atoms with Crippen LogP contribution in [0.25, 0.3) is 43.4 Å². The fourth-order valence-electron chi connectivity index (χ4n) is 10.00. The van der Waals surface area contributed by atoms with Crippen molar-refractivity contribution in [1.82, 2.24) is 56.2 Å². The molecule has 1 aliphatic rings. The first-order chi connectivity index (χ1) is 44.7. The van der Waals surface area contributed by atoms with Crippen LogP contribution in [0.5, 0.6) is 0 Å². The maximum absolute atomic E-state index is 14.0. The first kappa shape index (κ1) is 69.1. The summed E-state index contributed by atoms with van der Waals surface area (Å²) in [5, 5.41) is 51.1. The highest BCUT2D eigenvalue weighted by atomic mass is 32.1. The normalized spacial score (nSPS) is 15.2. The van der Waals surface area contributed by atoms with Crippen LogP contribution < -0.4 is 31.9 Å². The second-order valence-corrected chi connectivity index (χ2v) is 27.7. The number of nitrogens with zero attached hydrogens (tertiary/aromatic N) is 8. The number of carboxylic acids is 2. The Kier molecular flexibility index (Phi) is 23.9. The van der Waals surface area contributed by atoms with Crippen molar-refractivity contribution < 1.29 is 63.1 Å². The van der Waals surface area contributed by atoms with E-state index in [1.165, 1.54) is 87.1 Å². The van der Waals surface area contributed by atoms with Gasteiger partial charge in [0.15, 0.2) is 6.29 Å². The molecule has 5 amide bonds. The van der Waals surface area contributed by atoms with Gasteiger partial charge in [-0.25, -0.2) is 39.7 Å². The molecule has 1 aliphatic carbocycles. The van der Waals surface area contributed by atoms with Gasteiger partial charge in [-0.1, -0.05) is 50.6 Å². The largest absolute Gasteiger partial charge is 0.481 e. The number of benzene rings is 1. The number of aromatic nitrogens is 7. The Morgan fingerprint density at radius 3 is 2.15 bits per heavy atom. The Labute approximate surface area is 557 Å². The average Bonchev–Trinajstić information content (AvgIpc) is 1.70. The van der Waals surface area contributed by atoms with Crippen molar-refractivity contribution in [2.75, 3.05) is 32.1 Å². The number of pyridine rings is 1. The second-order valence-electron chi connectivity index (χ2n) is 21.9. The third kappa shape index (κ3) is 17.5. The number of methoxy groups -OCH3 is 1. The monoisotopic (exact) mass is 1380 g/mol. The van der Waals surface area contributed by atoms with Crippen molar-refractivity contribution in [2.45, 2.75) is 115 Å². The lowest BCUT2D eigenvalue weighted by molar-refractivity contribution is -0.143. The van der Waals surface area contributed by atoms with E-state index < -0.39 is 78.5 Å². The van der Waals surface area contributed by atoms with Crippen LogP contribution in [0.1, 0.15) is 158 Å². The minimum Gasteiger partial charge on any atom is -0.481 e. The van der Waals surface area contributed by atoms with Crippen molar-refractivity contribution in [1.29, 1.82) is 0 Å². The third-order valence-corrected chi connectivity index (χ3v) is 20.7. The van der Waals surface area contributed by atoms with Crippen LogP contribution in [-0.2, 0) is 35.3 Å². The predicted molar refractivity (Wildman–Crippen MR) is 352 cm³/mol. The van der Waals surface area contributed by atoms with E-state index >= 15 is 0 Å². The molecule has 1 unspecified atom stereocenters. The van der Waals surface area contributed by atoms with Crippen LogP contribution in [-0.4, -0.2) is 132 Å². The van der Waals surface area contributed by atoms with E-state index in [1.807, 2.05) is 13.8 Å². The zero-order chi connectivity index (χ0) is 66.5. The van der Waals surface area contributed by atoms with Gasteiger partial charge in [0.25, 0.3) is 11.8 Å². The van der Waals surface area contributed by atoms with Crippen LogP contribution in [0.15, 0.2) is 64.0 Å². The molecule has 8 aromatic rings. The molecule has 1 aromatic carbocycles. The molecule has 93 heavy (non-hydrogen) atoms. The van der Waals surface area contributed by atoms with Gasteiger partial charge in [0.2, 0.25) is 11.8 Å². The lowest BCUT2D eigenvalue weighted by atomic mass is 9.87. The number of aryl methyl sites for hydroxylation is 1. The molecule has 32 heteroatoms. The summed E-state index contributed by atoms with van der Waals surface area (Å²) in [5.74, 6) is -4.33. The summed E-state index contributed by atoms with van der Waals surface area (Å²) in [6.45, 7) is 5.15. The summed E-state index contributed by atoms with van der Waals surface area (Å²) in [5.41, 5.74) is 9.29. The van der Waals surface area contributed by atoms with Crippen molar-refractivity contribution in [3.05, 3.63) is 111 Å². The van der Waals surface area contributed by atoms with Crippen molar-refractivity contribution >= 4 is 122 Å². The predicted octanol–water partition coefficient (Wildman–Crippen LogP) is 9.57. The van der Waals surface area contributed by atoms with Crippen LogP contribution in [0.3, 0.4) is 0 Å². The Bertz CT molecular complexity index is 3970. The summed E-state index contributed by atoms with van der Waals surface area (Å²) in [4.78, 5) is 138. The maximum atomic E-state index is 14.0. The molecule has 26 nitrogen and oxygen atoms in total. The number of carboxylic acid groups (broad SMARTS) is 2. The van der Waals surface area contributed by atoms with Crippen molar-refractivity contribution in [3.63, 3.8) is 0 Å². The lowest BCUT2D eigenvalue weighted by Crippen LogP contribution is -2.40. The first-order valence-corrected chi connectivity index (χ1v) is 34.6. The molecule has 490 valence electrons. The van der Waals surface area contributed by atoms with Gasteiger partial charge < -0.3 is 51.8 Å². The molecular formula is C61H67N13O13S6. The summed E-state index contributed by atoms with van der Waals surface area (Å²) in [6.07, 6.45) is 1.11. The second kappa shape index (κ2) is 32.1. The number of ether oxygens (including phenoxy) is 2. The van der Waals surface area contributed by atoms with Gasteiger partial charge in [-0.05, 0) is 69.1 Å². The maximum Gasteiger partial charge on any atom is 0.415 e. The van der Waals surface area contributed by atoms with Crippen molar-refractivity contribution in [3.8, 4) is 43.4 Å². The fraction of sp³-hybridized carbons (Fsp3) is 0.393. The van der Waals surface area contributed by atoms with Gasteiger partial charge in [0.1, 0.15) is 88.3 Å². The number of nitrogens with one attached hydrogen (secondary N) is 4. The molecule has 0 spiro atoms. The number of aliphatic hydroxyl groups is 1. The number of unbranched alkanes of at least 4 members (excludes halogenated alkanes) is 2. The van der Waals surface area contributed by atoms with Crippen LogP contribution in [0.2, 0.25) is 0 Å². The Morgan fingerprint density at radius 1 is 0.731 bits per heavy atom. The highest BCUT2D eigenvalue weighted by molar-refractivity contribution is 7.15. The Balaban J connectivity index is 0.929. The molecule has 9 rings (SSSR count). The number of amides is 5. The van der Waals surface area contributed by atoms with E-state index in [2.05, 4.69) is 36.2 Å². The first-order valence-electron chi connectivity index (χ1n) is 29.5. The zero-order valence-corrected chi connectivity index (χ0v) is 55.9.